The average molecular weight is 334 g/mol. The van der Waals surface area contributed by atoms with Crippen LogP contribution in [0.2, 0.25) is 0 Å². The van der Waals surface area contributed by atoms with Crippen molar-refractivity contribution in [2.45, 2.75) is 26.2 Å². The predicted molar refractivity (Wildman–Crippen MR) is 91.2 cm³/mol. The molecule has 132 valence electrons. The third-order valence-corrected chi connectivity index (χ3v) is 3.99. The molecule has 1 fully saturated rings. The molecule has 0 unspecified atom stereocenters. The van der Waals surface area contributed by atoms with Crippen LogP contribution in [0, 0.1) is 0 Å². The number of hydrogen-bond donors (Lipinski definition) is 0. The molecule has 1 aromatic carbocycles. The molecule has 24 heavy (non-hydrogen) atoms. The van der Waals surface area contributed by atoms with Crippen molar-refractivity contribution in [1.29, 1.82) is 0 Å². The molecule has 0 aliphatic carbocycles. The molecule has 6 heteroatoms. The number of carbonyl (C=O) groups is 2. The van der Waals surface area contributed by atoms with E-state index in [1.807, 2.05) is 31.2 Å². The molecule has 0 radical (unpaired) electrons. The van der Waals surface area contributed by atoms with Crippen LogP contribution in [0.25, 0.3) is 0 Å². The number of likely N-dealkylation sites (N-methyl/N-ethyl adjacent to an activating group) is 1. The van der Waals surface area contributed by atoms with Gasteiger partial charge in [0.2, 0.25) is 11.8 Å². The zero-order valence-electron chi connectivity index (χ0n) is 14.5. The average Bonchev–Trinajstić information content (AvgIpc) is 2.57. The third kappa shape index (κ3) is 5.44. The van der Waals surface area contributed by atoms with Crippen molar-refractivity contribution in [2.75, 3.05) is 39.9 Å². The van der Waals surface area contributed by atoms with Crippen LogP contribution in [0.4, 0.5) is 0 Å². The molecular weight excluding hydrogens is 308 g/mol. The highest BCUT2D eigenvalue weighted by molar-refractivity contribution is 5.85. The van der Waals surface area contributed by atoms with Crippen molar-refractivity contribution < 1.29 is 19.1 Å². The molecule has 2 amide bonds. The van der Waals surface area contributed by atoms with E-state index in [0.29, 0.717) is 38.5 Å². The maximum absolute atomic E-state index is 12.2. The van der Waals surface area contributed by atoms with Gasteiger partial charge in [0.1, 0.15) is 18.1 Å². The first-order valence-electron chi connectivity index (χ1n) is 8.47. The fourth-order valence-electron chi connectivity index (χ4n) is 2.56. The van der Waals surface area contributed by atoms with Crippen molar-refractivity contribution in [3.05, 3.63) is 24.3 Å². The largest absolute Gasteiger partial charge is 0.494 e. The first-order chi connectivity index (χ1) is 11.6. The quantitative estimate of drug-likeness (QED) is 0.729. The van der Waals surface area contributed by atoms with Gasteiger partial charge in [-0.2, -0.15) is 0 Å². The molecule has 1 aliphatic heterocycles. The Kier molecular flexibility index (Phi) is 6.90. The van der Waals surface area contributed by atoms with Gasteiger partial charge >= 0.3 is 0 Å². The summed E-state index contributed by atoms with van der Waals surface area (Å²) in [5.41, 5.74) is 0. The monoisotopic (exact) mass is 334 g/mol. The molecule has 0 bridgehead atoms. The smallest absolute Gasteiger partial charge is 0.242 e. The van der Waals surface area contributed by atoms with Crippen LogP contribution in [-0.2, 0) is 9.59 Å². The summed E-state index contributed by atoms with van der Waals surface area (Å²) in [6.07, 6.45) is 2.45. The van der Waals surface area contributed by atoms with Gasteiger partial charge < -0.3 is 19.3 Å². The summed E-state index contributed by atoms with van der Waals surface area (Å²) >= 11 is 0. The van der Waals surface area contributed by atoms with Crippen LogP contribution in [0.1, 0.15) is 26.2 Å². The first-order valence-corrected chi connectivity index (χ1v) is 8.47. The molecule has 0 N–H and O–H groups in total. The van der Waals surface area contributed by atoms with E-state index in [-0.39, 0.29) is 18.4 Å². The number of carbonyl (C=O) groups excluding carboxylic acids is 2. The van der Waals surface area contributed by atoms with Gasteiger partial charge in [0.25, 0.3) is 0 Å². The summed E-state index contributed by atoms with van der Waals surface area (Å²) in [6, 6.07) is 7.44. The van der Waals surface area contributed by atoms with E-state index in [1.165, 1.54) is 0 Å². The summed E-state index contributed by atoms with van der Waals surface area (Å²) in [5.74, 6) is 1.50. The lowest BCUT2D eigenvalue weighted by Crippen LogP contribution is -2.44. The summed E-state index contributed by atoms with van der Waals surface area (Å²) in [5, 5.41) is 0. The topological polar surface area (TPSA) is 59.1 Å². The minimum atomic E-state index is -0.0584. The normalized spacial score (nSPS) is 14.4. The molecule has 2 rings (SSSR count). The van der Waals surface area contributed by atoms with Gasteiger partial charge in [-0.15, -0.1) is 0 Å². The number of likely N-dealkylation sites (tertiary alicyclic amines) is 1. The first kappa shape index (κ1) is 18.1. The second-order valence-corrected chi connectivity index (χ2v) is 5.84. The number of rotatable bonds is 8. The Morgan fingerprint density at radius 2 is 2.00 bits per heavy atom. The van der Waals surface area contributed by atoms with E-state index in [0.717, 1.165) is 18.6 Å². The van der Waals surface area contributed by atoms with Crippen LogP contribution >= 0.6 is 0 Å². The lowest BCUT2D eigenvalue weighted by Gasteiger charge is -2.28. The van der Waals surface area contributed by atoms with Crippen LogP contribution in [0.15, 0.2) is 24.3 Å². The van der Waals surface area contributed by atoms with Crippen LogP contribution in [0.3, 0.4) is 0 Å². The molecule has 0 spiro atoms. The number of nitrogens with zero attached hydrogens (tertiary/aromatic N) is 2. The van der Waals surface area contributed by atoms with E-state index >= 15 is 0 Å². The fourth-order valence-corrected chi connectivity index (χ4v) is 2.56. The Labute approximate surface area is 143 Å². The highest BCUT2D eigenvalue weighted by atomic mass is 16.5. The molecule has 0 aromatic heterocycles. The van der Waals surface area contributed by atoms with E-state index in [1.54, 1.807) is 16.8 Å². The van der Waals surface area contributed by atoms with Crippen LogP contribution < -0.4 is 9.47 Å². The summed E-state index contributed by atoms with van der Waals surface area (Å²) in [4.78, 5) is 27.2. The van der Waals surface area contributed by atoms with E-state index in [9.17, 15) is 9.59 Å². The number of hydrogen-bond acceptors (Lipinski definition) is 4. The standard InChI is InChI=1S/C18H26N2O4/c1-3-23-15-7-6-8-16(13-15)24-12-11-19(2)18(22)14-20-10-5-4-9-17(20)21/h6-8,13H,3-5,9-12,14H2,1-2H3. The maximum Gasteiger partial charge on any atom is 0.242 e. The number of amides is 2. The third-order valence-electron chi connectivity index (χ3n) is 3.99. The highest BCUT2D eigenvalue weighted by Gasteiger charge is 2.21. The zero-order valence-corrected chi connectivity index (χ0v) is 14.5. The molecule has 1 aliphatic rings. The number of ether oxygens (including phenoxy) is 2. The van der Waals surface area contributed by atoms with Gasteiger partial charge in [-0.25, -0.2) is 0 Å². The Morgan fingerprint density at radius 3 is 2.71 bits per heavy atom. The van der Waals surface area contributed by atoms with Crippen molar-refractivity contribution in [1.82, 2.24) is 9.80 Å². The molecule has 1 heterocycles. The Morgan fingerprint density at radius 1 is 1.25 bits per heavy atom. The summed E-state index contributed by atoms with van der Waals surface area (Å²) in [7, 11) is 1.73. The predicted octanol–water partition coefficient (Wildman–Crippen LogP) is 1.93. The molecule has 6 nitrogen and oxygen atoms in total. The molecule has 1 saturated heterocycles. The second-order valence-electron chi connectivity index (χ2n) is 5.84. The van der Waals surface area contributed by atoms with E-state index < -0.39 is 0 Å². The maximum atomic E-state index is 12.2. The SMILES string of the molecule is CCOc1cccc(OCCN(C)C(=O)CN2CCCCC2=O)c1. The van der Waals surface area contributed by atoms with Gasteiger partial charge in [-0.3, -0.25) is 9.59 Å². The Bertz CT molecular complexity index is 562. The van der Waals surface area contributed by atoms with Crippen molar-refractivity contribution in [3.63, 3.8) is 0 Å². The van der Waals surface area contributed by atoms with Gasteiger partial charge in [0, 0.05) is 26.1 Å². The zero-order chi connectivity index (χ0) is 17.4. The number of piperidine rings is 1. The summed E-state index contributed by atoms with van der Waals surface area (Å²) in [6.45, 7) is 4.25. The van der Waals surface area contributed by atoms with E-state index in [2.05, 4.69) is 0 Å². The van der Waals surface area contributed by atoms with Crippen LogP contribution in [-0.4, -0.2) is 61.5 Å². The van der Waals surface area contributed by atoms with E-state index in [4.69, 9.17) is 9.47 Å². The lowest BCUT2D eigenvalue weighted by molar-refractivity contribution is -0.141. The van der Waals surface area contributed by atoms with Gasteiger partial charge in [0.15, 0.2) is 0 Å². The highest BCUT2D eigenvalue weighted by Crippen LogP contribution is 2.19. The van der Waals surface area contributed by atoms with Crippen molar-refractivity contribution in [2.24, 2.45) is 0 Å². The fraction of sp³-hybridized carbons (Fsp3) is 0.556. The second kappa shape index (κ2) is 9.15. The Hall–Kier alpha value is -2.24. The minimum Gasteiger partial charge on any atom is -0.494 e. The Balaban J connectivity index is 1.74. The molecule has 0 atom stereocenters. The van der Waals surface area contributed by atoms with Gasteiger partial charge in [-0.1, -0.05) is 6.07 Å². The van der Waals surface area contributed by atoms with Gasteiger partial charge in [0.05, 0.1) is 19.7 Å². The van der Waals surface area contributed by atoms with Crippen molar-refractivity contribution >= 4 is 11.8 Å². The summed E-state index contributed by atoms with van der Waals surface area (Å²) < 4.78 is 11.1. The lowest BCUT2D eigenvalue weighted by atomic mass is 10.1. The molecular formula is C18H26N2O4. The number of benzene rings is 1. The van der Waals surface area contributed by atoms with Crippen LogP contribution in [0.5, 0.6) is 11.5 Å². The van der Waals surface area contributed by atoms with Gasteiger partial charge in [-0.05, 0) is 31.9 Å². The molecule has 1 aromatic rings. The molecule has 0 saturated carbocycles. The minimum absolute atomic E-state index is 0.0584. The van der Waals surface area contributed by atoms with Crippen molar-refractivity contribution in [3.8, 4) is 11.5 Å².